The lowest BCUT2D eigenvalue weighted by Crippen LogP contribution is -1.91. The minimum absolute atomic E-state index is 0.592. The second-order valence-corrected chi connectivity index (χ2v) is 3.55. The van der Waals surface area contributed by atoms with Crippen LogP contribution in [0.5, 0.6) is 0 Å². The Labute approximate surface area is 91.5 Å². The molecule has 3 heterocycles. The van der Waals surface area contributed by atoms with Crippen molar-refractivity contribution in [2.45, 2.75) is 6.42 Å². The molecule has 0 aromatic carbocycles. The van der Waals surface area contributed by atoms with E-state index in [-0.39, 0.29) is 0 Å². The van der Waals surface area contributed by atoms with E-state index in [1.807, 2.05) is 12.1 Å². The average Bonchev–Trinajstić information content (AvgIpc) is 2.86. The molecule has 3 aromatic heterocycles. The molecule has 5 heteroatoms. The number of nitrogen functional groups attached to an aromatic ring is 1. The highest BCUT2D eigenvalue weighted by Crippen LogP contribution is 2.10. The van der Waals surface area contributed by atoms with Gasteiger partial charge in [-0.15, -0.1) is 0 Å². The highest BCUT2D eigenvalue weighted by atomic mass is 16.3. The molecule has 0 aliphatic heterocycles. The number of hydrogen-bond donors (Lipinski definition) is 1. The highest BCUT2D eigenvalue weighted by Gasteiger charge is 2.06. The Hall–Kier alpha value is -2.30. The Morgan fingerprint density at radius 3 is 3.12 bits per heavy atom. The molecule has 80 valence electrons. The van der Waals surface area contributed by atoms with Crippen molar-refractivity contribution < 1.29 is 4.42 Å². The molecule has 16 heavy (non-hydrogen) atoms. The van der Waals surface area contributed by atoms with Gasteiger partial charge in [-0.1, -0.05) is 0 Å². The maximum absolute atomic E-state index is 5.67. The largest absolute Gasteiger partial charge is 0.469 e. The van der Waals surface area contributed by atoms with Gasteiger partial charge in [-0.3, -0.25) is 0 Å². The lowest BCUT2D eigenvalue weighted by molar-refractivity contribution is 0.517. The van der Waals surface area contributed by atoms with Crippen LogP contribution in [-0.2, 0) is 6.42 Å². The van der Waals surface area contributed by atoms with Crippen molar-refractivity contribution in [3.8, 4) is 0 Å². The lowest BCUT2D eigenvalue weighted by atomic mass is 10.3. The quantitative estimate of drug-likeness (QED) is 0.701. The van der Waals surface area contributed by atoms with Crippen LogP contribution in [0.3, 0.4) is 0 Å². The van der Waals surface area contributed by atoms with Crippen molar-refractivity contribution in [2.75, 3.05) is 5.73 Å². The fourth-order valence-corrected chi connectivity index (χ4v) is 1.59. The van der Waals surface area contributed by atoms with Crippen molar-refractivity contribution in [1.82, 2.24) is 14.6 Å². The second-order valence-electron chi connectivity index (χ2n) is 3.55. The molecule has 0 radical (unpaired) electrons. The second kappa shape index (κ2) is 3.37. The van der Waals surface area contributed by atoms with E-state index >= 15 is 0 Å². The summed E-state index contributed by atoms with van der Waals surface area (Å²) in [6.07, 6.45) is 4.03. The first kappa shape index (κ1) is 8.96. The molecule has 0 saturated carbocycles. The molecule has 0 amide bonds. The molecule has 3 rings (SSSR count). The van der Waals surface area contributed by atoms with Crippen molar-refractivity contribution in [2.24, 2.45) is 0 Å². The van der Waals surface area contributed by atoms with E-state index in [2.05, 4.69) is 10.1 Å². The van der Waals surface area contributed by atoms with Crippen LogP contribution in [0.1, 0.15) is 11.6 Å². The Morgan fingerprint density at radius 2 is 2.31 bits per heavy atom. The summed E-state index contributed by atoms with van der Waals surface area (Å²) in [7, 11) is 0. The first-order valence-corrected chi connectivity index (χ1v) is 4.94. The maximum Gasteiger partial charge on any atom is 0.159 e. The van der Waals surface area contributed by atoms with E-state index in [9.17, 15) is 0 Å². The summed E-state index contributed by atoms with van der Waals surface area (Å²) in [6, 6.07) is 7.33. The first-order valence-electron chi connectivity index (χ1n) is 4.94. The van der Waals surface area contributed by atoms with E-state index < -0.39 is 0 Å². The van der Waals surface area contributed by atoms with Crippen LogP contribution in [0, 0.1) is 0 Å². The molecule has 0 spiro atoms. The lowest BCUT2D eigenvalue weighted by Gasteiger charge is -1.91. The molecule has 0 saturated heterocycles. The molecule has 3 aromatic rings. The van der Waals surface area contributed by atoms with Gasteiger partial charge in [-0.05, 0) is 18.2 Å². The number of pyridine rings is 1. The Bertz CT molecular complexity index is 612. The number of aromatic nitrogens is 3. The molecule has 0 unspecified atom stereocenters. The number of furan rings is 1. The summed E-state index contributed by atoms with van der Waals surface area (Å²) >= 11 is 0. The minimum Gasteiger partial charge on any atom is -0.469 e. The summed E-state index contributed by atoms with van der Waals surface area (Å²) in [5.74, 6) is 1.57. The number of nitrogens with two attached hydrogens (primary N) is 1. The number of anilines is 1. The summed E-state index contributed by atoms with van der Waals surface area (Å²) in [6.45, 7) is 0. The zero-order chi connectivity index (χ0) is 11.0. The van der Waals surface area contributed by atoms with Gasteiger partial charge in [-0.25, -0.2) is 9.50 Å². The summed E-state index contributed by atoms with van der Waals surface area (Å²) < 4.78 is 6.95. The molecule has 0 fully saturated rings. The van der Waals surface area contributed by atoms with E-state index in [0.29, 0.717) is 12.1 Å². The number of fused-ring (bicyclic) bond motifs is 1. The van der Waals surface area contributed by atoms with Gasteiger partial charge in [0.1, 0.15) is 5.76 Å². The van der Waals surface area contributed by atoms with Crippen LogP contribution in [-0.4, -0.2) is 14.6 Å². The van der Waals surface area contributed by atoms with Gasteiger partial charge in [0.15, 0.2) is 11.5 Å². The van der Waals surface area contributed by atoms with Crippen LogP contribution in [0.4, 0.5) is 5.69 Å². The van der Waals surface area contributed by atoms with Crippen molar-refractivity contribution in [1.29, 1.82) is 0 Å². The van der Waals surface area contributed by atoms with E-state index in [4.69, 9.17) is 10.2 Å². The molecule has 0 atom stereocenters. The molecule has 2 N–H and O–H groups in total. The standard InChI is InChI=1S/C11H10N4O/c12-8-3-4-15-11(6-8)13-10(14-15)7-9-2-1-5-16-9/h1-6H,7,12H2. The van der Waals surface area contributed by atoms with E-state index in [1.165, 1.54) is 0 Å². The predicted octanol–water partition coefficient (Wildman–Crippen LogP) is 1.50. The third-order valence-corrected chi connectivity index (χ3v) is 2.32. The molecular formula is C11H10N4O. The number of hydrogen-bond acceptors (Lipinski definition) is 4. The Balaban J connectivity index is 1.99. The fraction of sp³-hybridized carbons (Fsp3) is 0.0909. The third-order valence-electron chi connectivity index (χ3n) is 2.32. The van der Waals surface area contributed by atoms with E-state index in [0.717, 1.165) is 17.2 Å². The molecule has 0 aliphatic rings. The van der Waals surface area contributed by atoms with Crippen molar-refractivity contribution >= 4 is 11.3 Å². The average molecular weight is 214 g/mol. The van der Waals surface area contributed by atoms with Gasteiger partial charge in [0.05, 0.1) is 12.7 Å². The summed E-state index contributed by atoms with van der Waals surface area (Å²) in [5, 5.41) is 4.32. The van der Waals surface area contributed by atoms with Crippen LogP contribution in [0.15, 0.2) is 41.1 Å². The molecule has 5 nitrogen and oxygen atoms in total. The van der Waals surface area contributed by atoms with Crippen LogP contribution < -0.4 is 5.73 Å². The zero-order valence-corrected chi connectivity index (χ0v) is 8.50. The van der Waals surface area contributed by atoms with Crippen molar-refractivity contribution in [3.05, 3.63) is 48.3 Å². The maximum atomic E-state index is 5.67. The summed E-state index contributed by atoms with van der Waals surface area (Å²) in [4.78, 5) is 4.36. The van der Waals surface area contributed by atoms with Gasteiger partial charge in [-0.2, -0.15) is 5.10 Å². The van der Waals surface area contributed by atoms with Crippen LogP contribution in [0.25, 0.3) is 5.65 Å². The topological polar surface area (TPSA) is 69.3 Å². The van der Waals surface area contributed by atoms with Gasteiger partial charge in [0.25, 0.3) is 0 Å². The Morgan fingerprint density at radius 1 is 1.38 bits per heavy atom. The fourth-order valence-electron chi connectivity index (χ4n) is 1.59. The summed E-state index contributed by atoms with van der Waals surface area (Å²) in [5.41, 5.74) is 7.11. The van der Waals surface area contributed by atoms with Crippen LogP contribution >= 0.6 is 0 Å². The monoisotopic (exact) mass is 214 g/mol. The molecule has 0 bridgehead atoms. The Kier molecular flexibility index (Phi) is 1.89. The SMILES string of the molecule is Nc1ccn2nc(Cc3ccco3)nc2c1. The molecular weight excluding hydrogens is 204 g/mol. The van der Waals surface area contributed by atoms with Gasteiger partial charge < -0.3 is 10.2 Å². The normalized spacial score (nSPS) is 11.0. The third kappa shape index (κ3) is 1.52. The van der Waals surface area contributed by atoms with Crippen LogP contribution in [0.2, 0.25) is 0 Å². The highest BCUT2D eigenvalue weighted by molar-refractivity contribution is 5.50. The number of nitrogens with zero attached hydrogens (tertiary/aromatic N) is 3. The zero-order valence-electron chi connectivity index (χ0n) is 8.50. The van der Waals surface area contributed by atoms with Gasteiger partial charge in [0, 0.05) is 18.0 Å². The van der Waals surface area contributed by atoms with E-state index in [1.54, 1.807) is 29.1 Å². The van der Waals surface area contributed by atoms with Gasteiger partial charge in [0.2, 0.25) is 0 Å². The molecule has 0 aliphatic carbocycles. The first-order chi connectivity index (χ1) is 7.81. The van der Waals surface area contributed by atoms with Crippen molar-refractivity contribution in [3.63, 3.8) is 0 Å². The minimum atomic E-state index is 0.592. The predicted molar refractivity (Wildman–Crippen MR) is 58.9 cm³/mol. The number of rotatable bonds is 2. The smallest absolute Gasteiger partial charge is 0.159 e. The van der Waals surface area contributed by atoms with Gasteiger partial charge >= 0.3 is 0 Å².